The lowest BCUT2D eigenvalue weighted by Gasteiger charge is -2.14. The molecule has 0 aromatic carbocycles. The van der Waals surface area contributed by atoms with Gasteiger partial charge in [0.05, 0.1) is 13.2 Å². The SMILES string of the molecule is OCC(O)C(O)COP(O)O. The smallest absolute Gasteiger partial charge is 0.327 e. The second-order valence-electron chi connectivity index (χ2n) is 1.87. The van der Waals surface area contributed by atoms with Crippen molar-refractivity contribution in [3.63, 3.8) is 0 Å². The van der Waals surface area contributed by atoms with Gasteiger partial charge in [-0.05, 0) is 0 Å². The van der Waals surface area contributed by atoms with Gasteiger partial charge in [-0.3, -0.25) is 0 Å². The first kappa shape index (κ1) is 11.2. The normalized spacial score (nSPS) is 16.9. The van der Waals surface area contributed by atoms with Crippen molar-refractivity contribution in [3.05, 3.63) is 0 Å². The van der Waals surface area contributed by atoms with E-state index in [1.807, 2.05) is 0 Å². The van der Waals surface area contributed by atoms with Crippen LogP contribution in [0.2, 0.25) is 0 Å². The molecule has 2 unspecified atom stereocenters. The maximum absolute atomic E-state index is 8.82. The monoisotopic (exact) mass is 186 g/mol. The Morgan fingerprint density at radius 2 is 1.73 bits per heavy atom. The van der Waals surface area contributed by atoms with Crippen molar-refractivity contribution in [2.75, 3.05) is 13.2 Å². The van der Waals surface area contributed by atoms with E-state index in [4.69, 9.17) is 25.1 Å². The van der Waals surface area contributed by atoms with Crippen LogP contribution in [0, 0.1) is 0 Å². The highest BCUT2D eigenvalue weighted by molar-refractivity contribution is 7.39. The molecule has 11 heavy (non-hydrogen) atoms. The van der Waals surface area contributed by atoms with Gasteiger partial charge in [-0.25, -0.2) is 0 Å². The van der Waals surface area contributed by atoms with Gasteiger partial charge >= 0.3 is 8.60 Å². The molecular weight excluding hydrogens is 175 g/mol. The minimum Gasteiger partial charge on any atom is -0.394 e. The van der Waals surface area contributed by atoms with Gasteiger partial charge in [-0.15, -0.1) is 0 Å². The van der Waals surface area contributed by atoms with Crippen molar-refractivity contribution in [1.29, 1.82) is 0 Å². The molecule has 0 bridgehead atoms. The molecule has 0 saturated carbocycles. The minimum atomic E-state index is -2.52. The Balaban J connectivity index is 3.43. The summed E-state index contributed by atoms with van der Waals surface area (Å²) in [6.45, 7) is -1.01. The van der Waals surface area contributed by atoms with E-state index < -0.39 is 34.0 Å². The zero-order valence-corrected chi connectivity index (χ0v) is 6.55. The first-order chi connectivity index (χ1) is 5.07. The molecule has 2 atom stereocenters. The molecule has 0 amide bonds. The van der Waals surface area contributed by atoms with Crippen LogP contribution in [0.25, 0.3) is 0 Å². The van der Waals surface area contributed by atoms with Crippen LogP contribution in [-0.2, 0) is 4.52 Å². The Labute approximate surface area is 64.7 Å². The van der Waals surface area contributed by atoms with E-state index in [-0.39, 0.29) is 0 Å². The summed E-state index contributed by atoms with van der Waals surface area (Å²) in [5.41, 5.74) is 0. The van der Waals surface area contributed by atoms with Crippen LogP contribution in [-0.4, -0.2) is 50.5 Å². The van der Waals surface area contributed by atoms with Crippen LogP contribution in [0.15, 0.2) is 0 Å². The lowest BCUT2D eigenvalue weighted by atomic mass is 10.2. The maximum Gasteiger partial charge on any atom is 0.327 e. The second kappa shape index (κ2) is 5.79. The Morgan fingerprint density at radius 1 is 1.18 bits per heavy atom. The van der Waals surface area contributed by atoms with E-state index >= 15 is 0 Å². The first-order valence-electron chi connectivity index (χ1n) is 2.85. The summed E-state index contributed by atoms with van der Waals surface area (Å²) < 4.78 is 4.18. The first-order valence-corrected chi connectivity index (χ1v) is 4.02. The number of aliphatic hydroxyl groups is 3. The highest BCUT2D eigenvalue weighted by Crippen LogP contribution is 2.24. The van der Waals surface area contributed by atoms with Gasteiger partial charge in [0.25, 0.3) is 0 Å². The lowest BCUT2D eigenvalue weighted by Crippen LogP contribution is -2.32. The third-order valence-electron chi connectivity index (χ3n) is 0.992. The maximum atomic E-state index is 8.82. The van der Waals surface area contributed by atoms with Crippen LogP contribution in [0.5, 0.6) is 0 Å². The van der Waals surface area contributed by atoms with Crippen LogP contribution >= 0.6 is 8.60 Å². The molecule has 0 fully saturated rings. The Kier molecular flexibility index (Phi) is 5.89. The fraction of sp³-hybridized carbons (Fsp3) is 1.00. The van der Waals surface area contributed by atoms with Gasteiger partial charge in [0.1, 0.15) is 12.2 Å². The standard InChI is InChI=1S/C4H11O6P/c5-1-3(6)4(7)2-10-11(8)9/h3-9H,1-2H2. The predicted octanol–water partition coefficient (Wildman–Crippen LogP) is -2.07. The highest BCUT2D eigenvalue weighted by atomic mass is 31.2. The third-order valence-corrected chi connectivity index (χ3v) is 1.37. The van der Waals surface area contributed by atoms with Crippen molar-refractivity contribution in [2.45, 2.75) is 12.2 Å². The number of hydrogen-bond donors (Lipinski definition) is 5. The van der Waals surface area contributed by atoms with E-state index in [0.717, 1.165) is 0 Å². The van der Waals surface area contributed by atoms with Gasteiger partial charge in [0, 0.05) is 0 Å². The fourth-order valence-corrected chi connectivity index (χ4v) is 0.662. The molecule has 6 nitrogen and oxygen atoms in total. The summed E-state index contributed by atoms with van der Waals surface area (Å²) in [5.74, 6) is 0. The Bertz CT molecular complexity index is 98.6. The van der Waals surface area contributed by atoms with Crippen LogP contribution < -0.4 is 0 Å². The van der Waals surface area contributed by atoms with E-state index in [1.54, 1.807) is 0 Å². The molecule has 0 spiro atoms. The molecule has 5 N–H and O–H groups in total. The van der Waals surface area contributed by atoms with Gasteiger partial charge in [-0.2, -0.15) is 0 Å². The van der Waals surface area contributed by atoms with Crippen molar-refractivity contribution < 1.29 is 29.6 Å². The van der Waals surface area contributed by atoms with Crippen molar-refractivity contribution >= 4 is 8.60 Å². The molecule has 0 aliphatic heterocycles. The number of rotatable bonds is 5. The molecule has 0 rings (SSSR count). The molecule has 0 aliphatic carbocycles. The van der Waals surface area contributed by atoms with Crippen molar-refractivity contribution in [3.8, 4) is 0 Å². The fourth-order valence-electron chi connectivity index (χ4n) is 0.376. The van der Waals surface area contributed by atoms with E-state index in [2.05, 4.69) is 4.52 Å². The van der Waals surface area contributed by atoms with Crippen molar-refractivity contribution in [1.82, 2.24) is 0 Å². The van der Waals surface area contributed by atoms with Gasteiger partial charge in [0.15, 0.2) is 0 Å². The minimum absolute atomic E-state index is 0.416. The number of aliphatic hydroxyl groups excluding tert-OH is 3. The summed E-state index contributed by atoms with van der Waals surface area (Å²) in [4.78, 5) is 16.4. The predicted molar refractivity (Wildman–Crippen MR) is 36.4 cm³/mol. The zero-order valence-electron chi connectivity index (χ0n) is 5.66. The molecular formula is C4H11O6P. The lowest BCUT2D eigenvalue weighted by molar-refractivity contribution is -0.0355. The molecule has 0 heterocycles. The van der Waals surface area contributed by atoms with Gasteiger partial charge in [-0.1, -0.05) is 0 Å². The summed E-state index contributed by atoms with van der Waals surface area (Å²) >= 11 is 0. The molecule has 0 aromatic heterocycles. The largest absolute Gasteiger partial charge is 0.394 e. The summed E-state index contributed by atoms with van der Waals surface area (Å²) in [7, 11) is -2.52. The van der Waals surface area contributed by atoms with Crippen LogP contribution in [0.4, 0.5) is 0 Å². The van der Waals surface area contributed by atoms with E-state index in [0.29, 0.717) is 0 Å². The zero-order chi connectivity index (χ0) is 8.85. The molecule has 68 valence electrons. The summed E-state index contributed by atoms with van der Waals surface area (Å²) in [5, 5.41) is 25.8. The van der Waals surface area contributed by atoms with Gasteiger partial charge < -0.3 is 29.6 Å². The molecule has 0 aliphatic rings. The molecule has 0 radical (unpaired) electrons. The molecule has 7 heteroatoms. The summed E-state index contributed by atoms with van der Waals surface area (Å²) in [6.07, 6.45) is -2.62. The quantitative estimate of drug-likeness (QED) is 0.315. The summed E-state index contributed by atoms with van der Waals surface area (Å²) in [6, 6.07) is 0. The van der Waals surface area contributed by atoms with Crippen molar-refractivity contribution in [2.24, 2.45) is 0 Å². The molecule has 0 saturated heterocycles. The average Bonchev–Trinajstić information content (AvgIpc) is 1.98. The van der Waals surface area contributed by atoms with Gasteiger partial charge in [0.2, 0.25) is 0 Å². The molecule has 0 aromatic rings. The Morgan fingerprint density at radius 3 is 2.09 bits per heavy atom. The van der Waals surface area contributed by atoms with E-state index in [9.17, 15) is 0 Å². The highest BCUT2D eigenvalue weighted by Gasteiger charge is 2.16. The topological polar surface area (TPSA) is 110 Å². The van der Waals surface area contributed by atoms with E-state index in [1.165, 1.54) is 0 Å². The van der Waals surface area contributed by atoms with Crippen LogP contribution in [0.3, 0.4) is 0 Å². The average molecular weight is 186 g/mol. The second-order valence-corrected chi connectivity index (χ2v) is 2.63. The Hall–Kier alpha value is 0.190. The van der Waals surface area contributed by atoms with Crippen LogP contribution in [0.1, 0.15) is 0 Å². The number of hydrogen-bond acceptors (Lipinski definition) is 6. The third kappa shape index (κ3) is 5.46.